The van der Waals surface area contributed by atoms with Gasteiger partial charge in [0.1, 0.15) is 0 Å². The fourth-order valence-corrected chi connectivity index (χ4v) is 3.36. The van der Waals surface area contributed by atoms with Gasteiger partial charge in [0.15, 0.2) is 0 Å². The van der Waals surface area contributed by atoms with Crippen LogP contribution in [0.15, 0.2) is 36.5 Å². The summed E-state index contributed by atoms with van der Waals surface area (Å²) < 4.78 is 27.9. The second-order valence-corrected chi connectivity index (χ2v) is 7.18. The van der Waals surface area contributed by atoms with Crippen LogP contribution in [-0.4, -0.2) is 28.2 Å². The molecule has 0 aromatic heterocycles. The highest BCUT2D eigenvalue weighted by Crippen LogP contribution is 2.40. The van der Waals surface area contributed by atoms with Crippen molar-refractivity contribution in [2.45, 2.75) is 76.7 Å². The van der Waals surface area contributed by atoms with Gasteiger partial charge in [-0.05, 0) is 44.1 Å². The SMILES string of the molecule is C=C1C[C@@H](O)[C@@H](C=CC(F)(F)CCCCC)[C@H]1CC=CCCCC(=O)O. The lowest BCUT2D eigenvalue weighted by atomic mass is 9.89. The fourth-order valence-electron chi connectivity index (χ4n) is 3.36. The largest absolute Gasteiger partial charge is 0.481 e. The van der Waals surface area contributed by atoms with Crippen molar-refractivity contribution in [3.05, 3.63) is 36.5 Å². The van der Waals surface area contributed by atoms with Crippen LogP contribution in [0.1, 0.15) is 64.7 Å². The third-order valence-corrected chi connectivity index (χ3v) is 4.90. The molecule has 5 heteroatoms. The first kappa shape index (κ1) is 22.6. The predicted octanol–water partition coefficient (Wildman–Crippen LogP) is 5.51. The number of carbonyl (C=O) groups is 1. The van der Waals surface area contributed by atoms with Gasteiger partial charge in [0.2, 0.25) is 0 Å². The van der Waals surface area contributed by atoms with E-state index in [0.29, 0.717) is 32.1 Å². The van der Waals surface area contributed by atoms with Crippen LogP contribution in [0.4, 0.5) is 8.78 Å². The Balaban J connectivity index is 2.58. The van der Waals surface area contributed by atoms with Crippen LogP contribution in [0.2, 0.25) is 0 Å². The summed E-state index contributed by atoms with van der Waals surface area (Å²) in [5, 5.41) is 18.8. The van der Waals surface area contributed by atoms with Gasteiger partial charge in [0, 0.05) is 18.8 Å². The average Bonchev–Trinajstić information content (AvgIpc) is 2.82. The van der Waals surface area contributed by atoms with E-state index in [9.17, 15) is 18.7 Å². The van der Waals surface area contributed by atoms with E-state index < -0.39 is 18.0 Å². The molecule has 0 bridgehead atoms. The number of alkyl halides is 2. The third kappa shape index (κ3) is 8.26. The molecule has 148 valence electrons. The molecule has 0 radical (unpaired) electrons. The second-order valence-electron chi connectivity index (χ2n) is 7.18. The molecule has 0 spiro atoms. The van der Waals surface area contributed by atoms with Crippen LogP contribution < -0.4 is 0 Å². The quantitative estimate of drug-likeness (QED) is 0.352. The topological polar surface area (TPSA) is 57.5 Å². The van der Waals surface area contributed by atoms with E-state index in [2.05, 4.69) is 6.58 Å². The molecule has 0 aromatic carbocycles. The number of aliphatic carboxylic acids is 1. The van der Waals surface area contributed by atoms with Crippen molar-refractivity contribution < 1.29 is 23.8 Å². The molecule has 26 heavy (non-hydrogen) atoms. The third-order valence-electron chi connectivity index (χ3n) is 4.90. The molecule has 0 aliphatic heterocycles. The summed E-state index contributed by atoms with van der Waals surface area (Å²) >= 11 is 0. The number of halogens is 2. The van der Waals surface area contributed by atoms with Gasteiger partial charge in [-0.3, -0.25) is 4.79 Å². The highest BCUT2D eigenvalue weighted by atomic mass is 19.3. The fraction of sp³-hybridized carbons (Fsp3) is 0.667. The zero-order valence-electron chi connectivity index (χ0n) is 15.7. The minimum atomic E-state index is -2.84. The summed E-state index contributed by atoms with van der Waals surface area (Å²) in [6.07, 6.45) is 10.1. The van der Waals surface area contributed by atoms with Gasteiger partial charge in [0.25, 0.3) is 5.92 Å². The molecule has 0 heterocycles. The lowest BCUT2D eigenvalue weighted by molar-refractivity contribution is -0.137. The van der Waals surface area contributed by atoms with Gasteiger partial charge in [-0.1, -0.05) is 50.1 Å². The van der Waals surface area contributed by atoms with E-state index in [-0.39, 0.29) is 24.7 Å². The normalized spacial score (nSPS) is 24.2. The molecule has 3 nitrogen and oxygen atoms in total. The molecule has 1 aliphatic rings. The number of aliphatic hydroxyl groups is 1. The van der Waals surface area contributed by atoms with Crippen molar-refractivity contribution in [1.82, 2.24) is 0 Å². The van der Waals surface area contributed by atoms with E-state index in [4.69, 9.17) is 5.11 Å². The molecule has 0 aromatic rings. The lowest BCUT2D eigenvalue weighted by Crippen LogP contribution is -2.19. The van der Waals surface area contributed by atoms with E-state index >= 15 is 0 Å². The summed E-state index contributed by atoms with van der Waals surface area (Å²) in [4.78, 5) is 10.5. The second kappa shape index (κ2) is 11.3. The average molecular weight is 370 g/mol. The molecule has 3 atom stereocenters. The molecule has 0 unspecified atom stereocenters. The molecule has 0 amide bonds. The van der Waals surface area contributed by atoms with Crippen LogP contribution in [0.25, 0.3) is 0 Å². The number of allylic oxidation sites excluding steroid dienone is 3. The summed E-state index contributed by atoms with van der Waals surface area (Å²) in [6.45, 7) is 5.97. The van der Waals surface area contributed by atoms with E-state index in [0.717, 1.165) is 24.5 Å². The van der Waals surface area contributed by atoms with Crippen LogP contribution in [0.5, 0.6) is 0 Å². The highest BCUT2D eigenvalue weighted by molar-refractivity contribution is 5.66. The number of carboxylic acid groups (broad SMARTS) is 1. The first-order valence-corrected chi connectivity index (χ1v) is 9.56. The molecule has 1 saturated carbocycles. The smallest absolute Gasteiger partial charge is 0.303 e. The van der Waals surface area contributed by atoms with Crippen molar-refractivity contribution in [2.24, 2.45) is 11.8 Å². The predicted molar refractivity (Wildman–Crippen MR) is 100 cm³/mol. The van der Waals surface area contributed by atoms with Crippen molar-refractivity contribution in [2.75, 3.05) is 0 Å². The summed E-state index contributed by atoms with van der Waals surface area (Å²) in [6, 6.07) is 0. The monoisotopic (exact) mass is 370 g/mol. The first-order chi connectivity index (χ1) is 12.3. The summed E-state index contributed by atoms with van der Waals surface area (Å²) in [5.41, 5.74) is 0.886. The Kier molecular flexibility index (Phi) is 9.78. The zero-order chi connectivity index (χ0) is 19.6. The van der Waals surface area contributed by atoms with E-state index in [1.54, 1.807) is 0 Å². The summed E-state index contributed by atoms with van der Waals surface area (Å²) in [7, 11) is 0. The van der Waals surface area contributed by atoms with Crippen molar-refractivity contribution in [3.8, 4) is 0 Å². The minimum absolute atomic E-state index is 0.0524. The maximum Gasteiger partial charge on any atom is 0.303 e. The Morgan fingerprint density at radius 3 is 2.69 bits per heavy atom. The molecule has 1 aliphatic carbocycles. The Morgan fingerprint density at radius 1 is 1.31 bits per heavy atom. The van der Waals surface area contributed by atoms with Crippen molar-refractivity contribution in [1.29, 1.82) is 0 Å². The van der Waals surface area contributed by atoms with Crippen molar-refractivity contribution >= 4 is 5.97 Å². The maximum atomic E-state index is 14.0. The number of hydrogen-bond donors (Lipinski definition) is 2. The standard InChI is InChI=1S/C21H32F2O3/c1-3-4-9-13-21(22,23)14-12-18-17(16(2)15-19(18)24)10-7-5-6-8-11-20(25)26/h5,7,12,14,17-19,24H,2-4,6,8-11,13,15H2,1H3,(H,25,26)/t17-,18-,19+/m0/s1. The lowest BCUT2D eigenvalue weighted by Gasteiger charge is -2.19. The maximum absolute atomic E-state index is 14.0. The van der Waals surface area contributed by atoms with Gasteiger partial charge < -0.3 is 10.2 Å². The Bertz CT molecular complexity index is 511. The van der Waals surface area contributed by atoms with Gasteiger partial charge in [-0.15, -0.1) is 0 Å². The molecular weight excluding hydrogens is 338 g/mol. The van der Waals surface area contributed by atoms with Gasteiger partial charge >= 0.3 is 5.97 Å². The number of unbranched alkanes of at least 4 members (excludes halogenated alkanes) is 3. The van der Waals surface area contributed by atoms with Crippen LogP contribution in [-0.2, 0) is 4.79 Å². The van der Waals surface area contributed by atoms with Gasteiger partial charge in [0.05, 0.1) is 6.10 Å². The number of aliphatic hydroxyl groups excluding tert-OH is 1. The van der Waals surface area contributed by atoms with Crippen LogP contribution in [0, 0.1) is 11.8 Å². The number of rotatable bonds is 12. The highest BCUT2D eigenvalue weighted by Gasteiger charge is 2.36. The van der Waals surface area contributed by atoms with Crippen LogP contribution >= 0.6 is 0 Å². The molecule has 0 saturated heterocycles. The van der Waals surface area contributed by atoms with Crippen LogP contribution in [0.3, 0.4) is 0 Å². The van der Waals surface area contributed by atoms with E-state index in [1.807, 2.05) is 19.1 Å². The van der Waals surface area contributed by atoms with Gasteiger partial charge in [-0.25, -0.2) is 8.78 Å². The molecular formula is C21H32F2O3. The molecule has 1 fully saturated rings. The molecule has 2 N–H and O–H groups in total. The Labute approximate surface area is 155 Å². The summed E-state index contributed by atoms with van der Waals surface area (Å²) in [5.74, 6) is -4.04. The number of hydrogen-bond acceptors (Lipinski definition) is 2. The Morgan fingerprint density at radius 2 is 2.04 bits per heavy atom. The van der Waals surface area contributed by atoms with Crippen molar-refractivity contribution in [3.63, 3.8) is 0 Å². The first-order valence-electron chi connectivity index (χ1n) is 9.56. The minimum Gasteiger partial charge on any atom is -0.481 e. The molecule has 1 rings (SSSR count). The van der Waals surface area contributed by atoms with E-state index in [1.165, 1.54) is 6.08 Å². The Hall–Kier alpha value is -1.49. The number of carboxylic acids is 1. The van der Waals surface area contributed by atoms with Gasteiger partial charge in [-0.2, -0.15) is 0 Å². The zero-order valence-corrected chi connectivity index (χ0v) is 15.7.